The lowest BCUT2D eigenvalue weighted by Crippen LogP contribution is -2.44. The summed E-state index contributed by atoms with van der Waals surface area (Å²) >= 11 is 0. The SMILES string of the molecule is CN=C(NCCCc1ccc(OC)c(OC)c1)N1CCc2ccccc2C1. The molecule has 5 heteroatoms. The molecule has 2 aromatic rings. The van der Waals surface area contributed by atoms with E-state index in [9.17, 15) is 0 Å². The van der Waals surface area contributed by atoms with Crippen molar-refractivity contribution in [2.24, 2.45) is 4.99 Å². The summed E-state index contributed by atoms with van der Waals surface area (Å²) in [4.78, 5) is 6.81. The summed E-state index contributed by atoms with van der Waals surface area (Å²) in [6.07, 6.45) is 3.08. The number of nitrogens with one attached hydrogen (secondary N) is 1. The standard InChI is InChI=1S/C22H29N3O2/c1-23-22(25-14-12-18-8-4-5-9-19(18)16-25)24-13-6-7-17-10-11-20(26-2)21(15-17)27-3/h4-5,8-11,15H,6-7,12-14,16H2,1-3H3,(H,23,24). The van der Waals surface area contributed by atoms with Crippen molar-refractivity contribution in [3.63, 3.8) is 0 Å². The van der Waals surface area contributed by atoms with E-state index >= 15 is 0 Å². The van der Waals surface area contributed by atoms with Crippen molar-refractivity contribution >= 4 is 5.96 Å². The molecule has 0 saturated carbocycles. The summed E-state index contributed by atoms with van der Waals surface area (Å²) in [5.41, 5.74) is 4.10. The third-order valence-corrected chi connectivity index (χ3v) is 5.02. The Kier molecular flexibility index (Phi) is 6.58. The van der Waals surface area contributed by atoms with Gasteiger partial charge in [-0.05, 0) is 48.1 Å². The number of nitrogens with zero attached hydrogens (tertiary/aromatic N) is 2. The van der Waals surface area contributed by atoms with Gasteiger partial charge in [0.15, 0.2) is 17.5 Å². The van der Waals surface area contributed by atoms with Gasteiger partial charge in [-0.2, -0.15) is 0 Å². The molecule has 144 valence electrons. The fourth-order valence-corrected chi connectivity index (χ4v) is 3.54. The van der Waals surface area contributed by atoms with Crippen LogP contribution in [-0.2, 0) is 19.4 Å². The number of aryl methyl sites for hydroxylation is 1. The van der Waals surface area contributed by atoms with Crippen LogP contribution in [0.25, 0.3) is 0 Å². The number of benzene rings is 2. The van der Waals surface area contributed by atoms with Crippen LogP contribution in [0.5, 0.6) is 11.5 Å². The summed E-state index contributed by atoms with van der Waals surface area (Å²) in [7, 11) is 5.19. The van der Waals surface area contributed by atoms with Crippen molar-refractivity contribution < 1.29 is 9.47 Å². The summed E-state index contributed by atoms with van der Waals surface area (Å²) in [5.74, 6) is 2.53. The van der Waals surface area contributed by atoms with E-state index in [1.165, 1.54) is 16.7 Å². The topological polar surface area (TPSA) is 46.1 Å². The van der Waals surface area contributed by atoms with Crippen LogP contribution >= 0.6 is 0 Å². The van der Waals surface area contributed by atoms with Crippen LogP contribution in [0.4, 0.5) is 0 Å². The third-order valence-electron chi connectivity index (χ3n) is 5.02. The molecule has 0 aliphatic carbocycles. The Morgan fingerprint density at radius 1 is 1.07 bits per heavy atom. The third kappa shape index (κ3) is 4.73. The molecule has 0 unspecified atom stereocenters. The predicted octanol–water partition coefficient (Wildman–Crippen LogP) is 3.27. The van der Waals surface area contributed by atoms with E-state index in [0.29, 0.717) is 0 Å². The molecule has 1 N–H and O–H groups in total. The average Bonchev–Trinajstić information content (AvgIpc) is 2.73. The first-order chi connectivity index (χ1) is 13.2. The van der Waals surface area contributed by atoms with Crippen LogP contribution in [0.1, 0.15) is 23.1 Å². The smallest absolute Gasteiger partial charge is 0.193 e. The zero-order valence-electron chi connectivity index (χ0n) is 16.5. The highest BCUT2D eigenvalue weighted by Crippen LogP contribution is 2.27. The molecular weight excluding hydrogens is 338 g/mol. The van der Waals surface area contributed by atoms with Crippen molar-refractivity contribution in [2.75, 3.05) is 34.4 Å². The molecule has 3 rings (SSSR count). The van der Waals surface area contributed by atoms with Crippen LogP contribution in [0.3, 0.4) is 0 Å². The Morgan fingerprint density at radius 3 is 2.59 bits per heavy atom. The van der Waals surface area contributed by atoms with Crippen molar-refractivity contribution in [3.05, 3.63) is 59.2 Å². The Labute approximate surface area is 162 Å². The molecule has 27 heavy (non-hydrogen) atoms. The maximum absolute atomic E-state index is 5.38. The van der Waals surface area contributed by atoms with Crippen LogP contribution < -0.4 is 14.8 Å². The zero-order chi connectivity index (χ0) is 19.1. The van der Waals surface area contributed by atoms with Crippen LogP contribution in [0, 0.1) is 0 Å². The van der Waals surface area contributed by atoms with Crippen molar-refractivity contribution in [1.82, 2.24) is 10.2 Å². The van der Waals surface area contributed by atoms with Gasteiger partial charge in [0.05, 0.1) is 14.2 Å². The van der Waals surface area contributed by atoms with Crippen LogP contribution in [0.15, 0.2) is 47.5 Å². The van der Waals surface area contributed by atoms with Crippen molar-refractivity contribution in [2.45, 2.75) is 25.8 Å². The summed E-state index contributed by atoms with van der Waals surface area (Å²) in [6.45, 7) is 2.82. The van der Waals surface area contributed by atoms with Gasteiger partial charge in [0.25, 0.3) is 0 Å². The molecule has 1 aliphatic rings. The number of hydrogen-bond donors (Lipinski definition) is 1. The lowest BCUT2D eigenvalue weighted by molar-refractivity contribution is 0.354. The number of methoxy groups -OCH3 is 2. The van der Waals surface area contributed by atoms with Crippen LogP contribution in [-0.4, -0.2) is 45.2 Å². The van der Waals surface area contributed by atoms with Crippen molar-refractivity contribution in [3.8, 4) is 11.5 Å². The molecule has 2 aromatic carbocycles. The van der Waals surface area contributed by atoms with Gasteiger partial charge in [-0.3, -0.25) is 4.99 Å². The van der Waals surface area contributed by atoms with Gasteiger partial charge >= 0.3 is 0 Å². The minimum absolute atomic E-state index is 0.769. The van der Waals surface area contributed by atoms with E-state index in [1.54, 1.807) is 14.2 Å². The number of ether oxygens (including phenoxy) is 2. The lowest BCUT2D eigenvalue weighted by Gasteiger charge is -2.31. The molecule has 0 radical (unpaired) electrons. The quantitative estimate of drug-likeness (QED) is 0.484. The highest BCUT2D eigenvalue weighted by molar-refractivity contribution is 5.80. The monoisotopic (exact) mass is 367 g/mol. The molecule has 1 heterocycles. The minimum Gasteiger partial charge on any atom is -0.493 e. The van der Waals surface area contributed by atoms with Gasteiger partial charge < -0.3 is 19.7 Å². The van der Waals surface area contributed by atoms with Crippen molar-refractivity contribution in [1.29, 1.82) is 0 Å². The summed E-state index contributed by atoms with van der Waals surface area (Å²) in [5, 5.41) is 3.51. The van der Waals surface area contributed by atoms with E-state index < -0.39 is 0 Å². The van der Waals surface area contributed by atoms with Gasteiger partial charge in [0.1, 0.15) is 0 Å². The number of guanidine groups is 1. The second-order valence-electron chi connectivity index (χ2n) is 6.71. The minimum atomic E-state index is 0.769. The Balaban J connectivity index is 1.50. The number of rotatable bonds is 6. The molecule has 1 aliphatic heterocycles. The predicted molar refractivity (Wildman–Crippen MR) is 110 cm³/mol. The van der Waals surface area contributed by atoms with E-state index in [2.05, 4.69) is 51.6 Å². The molecule has 0 fully saturated rings. The number of hydrogen-bond acceptors (Lipinski definition) is 3. The molecule has 0 bridgehead atoms. The largest absolute Gasteiger partial charge is 0.493 e. The second-order valence-corrected chi connectivity index (χ2v) is 6.71. The van der Waals surface area contributed by atoms with E-state index in [0.717, 1.165) is 56.4 Å². The first kappa shape index (κ1) is 19.1. The Hall–Kier alpha value is -2.69. The Morgan fingerprint density at radius 2 is 1.85 bits per heavy atom. The van der Waals surface area contributed by atoms with Gasteiger partial charge in [0.2, 0.25) is 0 Å². The number of fused-ring (bicyclic) bond motifs is 1. The van der Waals surface area contributed by atoms with Crippen LogP contribution in [0.2, 0.25) is 0 Å². The highest BCUT2D eigenvalue weighted by Gasteiger charge is 2.18. The summed E-state index contributed by atoms with van der Waals surface area (Å²) in [6, 6.07) is 14.8. The molecule has 0 aromatic heterocycles. The normalized spacial score (nSPS) is 13.9. The molecule has 5 nitrogen and oxygen atoms in total. The zero-order valence-corrected chi connectivity index (χ0v) is 16.5. The Bertz CT molecular complexity index is 789. The highest BCUT2D eigenvalue weighted by atomic mass is 16.5. The van der Waals surface area contributed by atoms with Gasteiger partial charge in [0, 0.05) is 26.7 Å². The van der Waals surface area contributed by atoms with E-state index in [4.69, 9.17) is 9.47 Å². The maximum Gasteiger partial charge on any atom is 0.193 e. The molecule has 0 spiro atoms. The maximum atomic E-state index is 5.38. The second kappa shape index (κ2) is 9.31. The van der Waals surface area contributed by atoms with Gasteiger partial charge in [-0.1, -0.05) is 30.3 Å². The molecule has 0 atom stereocenters. The molecule has 0 saturated heterocycles. The molecule has 0 amide bonds. The molecular formula is C22H29N3O2. The number of aliphatic imine (C=N–C) groups is 1. The van der Waals surface area contributed by atoms with Gasteiger partial charge in [-0.15, -0.1) is 0 Å². The van der Waals surface area contributed by atoms with Gasteiger partial charge in [-0.25, -0.2) is 0 Å². The fourth-order valence-electron chi connectivity index (χ4n) is 3.54. The average molecular weight is 367 g/mol. The lowest BCUT2D eigenvalue weighted by atomic mass is 10.0. The summed E-state index contributed by atoms with van der Waals surface area (Å²) < 4.78 is 10.7. The fraction of sp³-hybridized carbons (Fsp3) is 0.409. The first-order valence-electron chi connectivity index (χ1n) is 9.48. The van der Waals surface area contributed by atoms with E-state index in [1.807, 2.05) is 13.1 Å². The van der Waals surface area contributed by atoms with E-state index in [-0.39, 0.29) is 0 Å². The first-order valence-corrected chi connectivity index (χ1v) is 9.48.